The summed E-state index contributed by atoms with van der Waals surface area (Å²) in [6, 6.07) is 10.5. The Morgan fingerprint density at radius 1 is 1.04 bits per heavy atom. The van der Waals surface area contributed by atoms with Gasteiger partial charge in [-0.1, -0.05) is 57.0 Å². The minimum absolute atomic E-state index is 0.0170. The van der Waals surface area contributed by atoms with Gasteiger partial charge in [-0.2, -0.15) is 0 Å². The van der Waals surface area contributed by atoms with Crippen LogP contribution in [-0.2, 0) is 4.79 Å². The Hall–Kier alpha value is -1.35. The summed E-state index contributed by atoms with van der Waals surface area (Å²) in [5.74, 6) is 1.05. The molecule has 0 aliphatic carbocycles. The van der Waals surface area contributed by atoms with Crippen LogP contribution < -0.4 is 5.32 Å². The van der Waals surface area contributed by atoms with Gasteiger partial charge in [0.2, 0.25) is 5.91 Å². The number of rotatable bonds is 6. The van der Waals surface area contributed by atoms with E-state index in [2.05, 4.69) is 48.3 Å². The van der Waals surface area contributed by atoms with Crippen LogP contribution in [0, 0.1) is 5.92 Å². The van der Waals surface area contributed by atoms with Crippen molar-refractivity contribution < 1.29 is 4.79 Å². The molecule has 1 heterocycles. The maximum Gasteiger partial charge on any atom is 0.237 e. The number of carbonyl (C=O) groups excluding carboxylic acids is 1. The maximum atomic E-state index is 12.6. The third-order valence-corrected chi connectivity index (χ3v) is 5.10. The van der Waals surface area contributed by atoms with E-state index in [1.165, 1.54) is 31.2 Å². The van der Waals surface area contributed by atoms with Gasteiger partial charge in [-0.05, 0) is 44.3 Å². The number of likely N-dealkylation sites (tertiary alicyclic amines) is 1. The summed E-state index contributed by atoms with van der Waals surface area (Å²) >= 11 is 0. The lowest BCUT2D eigenvalue weighted by molar-refractivity contribution is -0.126. The van der Waals surface area contributed by atoms with Crippen molar-refractivity contribution >= 4 is 5.91 Å². The predicted molar refractivity (Wildman–Crippen MR) is 96.5 cm³/mol. The molecule has 2 unspecified atom stereocenters. The fraction of sp³-hybridized carbons (Fsp3) is 0.650. The second-order valence-corrected chi connectivity index (χ2v) is 7.13. The van der Waals surface area contributed by atoms with Gasteiger partial charge in [-0.25, -0.2) is 0 Å². The second-order valence-electron chi connectivity index (χ2n) is 7.13. The molecule has 1 aliphatic heterocycles. The van der Waals surface area contributed by atoms with E-state index in [0.717, 1.165) is 19.6 Å². The highest BCUT2D eigenvalue weighted by molar-refractivity contribution is 5.81. The molecule has 1 N–H and O–H groups in total. The highest BCUT2D eigenvalue weighted by atomic mass is 16.2. The Kier molecular flexibility index (Phi) is 7.10. The molecule has 0 aromatic heterocycles. The molecule has 128 valence electrons. The summed E-state index contributed by atoms with van der Waals surface area (Å²) in [4.78, 5) is 14.9. The van der Waals surface area contributed by atoms with Crippen LogP contribution in [0.15, 0.2) is 30.3 Å². The summed E-state index contributed by atoms with van der Waals surface area (Å²) in [6.07, 6.45) is 5.04. The molecule has 0 radical (unpaired) electrons. The standard InChI is InChI=1S/C20H32N2O/c1-16(2)19(18-11-7-6-8-12-18)15-21-20(23)17(3)22-13-9-4-5-10-14-22/h6-8,11-12,16-17,19H,4-5,9-10,13-15H2,1-3H3,(H,21,23). The first kappa shape index (κ1) is 18.0. The van der Waals surface area contributed by atoms with Crippen LogP contribution in [-0.4, -0.2) is 36.5 Å². The number of nitrogens with zero attached hydrogens (tertiary/aromatic N) is 1. The van der Waals surface area contributed by atoms with Crippen molar-refractivity contribution in [1.82, 2.24) is 10.2 Å². The minimum atomic E-state index is -0.0170. The van der Waals surface area contributed by atoms with Gasteiger partial charge in [0.05, 0.1) is 6.04 Å². The van der Waals surface area contributed by atoms with E-state index in [0.29, 0.717) is 11.8 Å². The van der Waals surface area contributed by atoms with E-state index in [4.69, 9.17) is 0 Å². The zero-order chi connectivity index (χ0) is 16.7. The van der Waals surface area contributed by atoms with Gasteiger partial charge in [0, 0.05) is 12.5 Å². The molecule has 23 heavy (non-hydrogen) atoms. The van der Waals surface area contributed by atoms with Crippen LogP contribution in [0.25, 0.3) is 0 Å². The first-order chi connectivity index (χ1) is 11.1. The third-order valence-electron chi connectivity index (χ3n) is 5.10. The SMILES string of the molecule is CC(C)C(CNC(=O)C(C)N1CCCCCC1)c1ccccc1. The van der Waals surface area contributed by atoms with Crippen molar-refractivity contribution in [1.29, 1.82) is 0 Å². The van der Waals surface area contributed by atoms with Gasteiger partial charge >= 0.3 is 0 Å². The largest absolute Gasteiger partial charge is 0.354 e. The molecule has 1 aromatic carbocycles. The van der Waals surface area contributed by atoms with Crippen LogP contribution in [0.2, 0.25) is 0 Å². The molecule has 2 atom stereocenters. The third kappa shape index (κ3) is 5.35. The quantitative estimate of drug-likeness (QED) is 0.865. The highest BCUT2D eigenvalue weighted by Crippen LogP contribution is 2.23. The zero-order valence-corrected chi connectivity index (χ0v) is 14.9. The zero-order valence-electron chi connectivity index (χ0n) is 14.9. The Bertz CT molecular complexity index is 464. The first-order valence-corrected chi connectivity index (χ1v) is 9.16. The van der Waals surface area contributed by atoms with Crippen LogP contribution >= 0.6 is 0 Å². The summed E-state index contributed by atoms with van der Waals surface area (Å²) in [5.41, 5.74) is 1.31. The van der Waals surface area contributed by atoms with Crippen molar-refractivity contribution in [3.8, 4) is 0 Å². The van der Waals surface area contributed by atoms with Gasteiger partial charge in [-0.3, -0.25) is 9.69 Å². The molecule has 1 fully saturated rings. The van der Waals surface area contributed by atoms with Crippen molar-refractivity contribution in [3.05, 3.63) is 35.9 Å². The number of amides is 1. The summed E-state index contributed by atoms with van der Waals surface area (Å²) in [7, 11) is 0. The Morgan fingerprint density at radius 2 is 1.65 bits per heavy atom. The molecule has 1 amide bonds. The van der Waals surface area contributed by atoms with Crippen LogP contribution in [0.4, 0.5) is 0 Å². The topological polar surface area (TPSA) is 32.3 Å². The number of benzene rings is 1. The highest BCUT2D eigenvalue weighted by Gasteiger charge is 2.23. The molecule has 0 saturated carbocycles. The monoisotopic (exact) mass is 316 g/mol. The van der Waals surface area contributed by atoms with Crippen molar-refractivity contribution in [3.63, 3.8) is 0 Å². The normalized spacial score (nSPS) is 19.1. The minimum Gasteiger partial charge on any atom is -0.354 e. The van der Waals surface area contributed by atoms with Crippen LogP contribution in [0.5, 0.6) is 0 Å². The Morgan fingerprint density at radius 3 is 2.22 bits per heavy atom. The summed E-state index contributed by atoms with van der Waals surface area (Å²) in [5, 5.41) is 3.20. The molecular formula is C20H32N2O. The number of hydrogen-bond acceptors (Lipinski definition) is 2. The van der Waals surface area contributed by atoms with Gasteiger partial charge < -0.3 is 5.32 Å². The molecule has 1 aliphatic rings. The molecule has 1 aromatic rings. The van der Waals surface area contributed by atoms with E-state index in [1.807, 2.05) is 13.0 Å². The van der Waals surface area contributed by atoms with Crippen molar-refractivity contribution in [2.24, 2.45) is 5.92 Å². The van der Waals surface area contributed by atoms with Gasteiger partial charge in [0.1, 0.15) is 0 Å². The molecule has 1 saturated heterocycles. The van der Waals surface area contributed by atoms with Gasteiger partial charge in [-0.15, -0.1) is 0 Å². The average Bonchev–Trinajstić information content (AvgIpc) is 2.84. The number of nitrogens with one attached hydrogen (secondary N) is 1. The lowest BCUT2D eigenvalue weighted by atomic mass is 9.88. The van der Waals surface area contributed by atoms with Gasteiger partial charge in [0.25, 0.3) is 0 Å². The number of hydrogen-bond donors (Lipinski definition) is 1. The summed E-state index contributed by atoms with van der Waals surface area (Å²) in [6.45, 7) is 9.33. The predicted octanol–water partition coefficient (Wildman–Crippen LogP) is 3.81. The molecule has 0 spiro atoms. The average molecular weight is 316 g/mol. The summed E-state index contributed by atoms with van der Waals surface area (Å²) < 4.78 is 0. The fourth-order valence-electron chi connectivity index (χ4n) is 3.45. The van der Waals surface area contributed by atoms with Crippen molar-refractivity contribution in [2.45, 2.75) is 58.4 Å². The molecular weight excluding hydrogens is 284 g/mol. The van der Waals surface area contributed by atoms with E-state index in [-0.39, 0.29) is 11.9 Å². The molecule has 2 rings (SSSR count). The first-order valence-electron chi connectivity index (χ1n) is 9.16. The van der Waals surface area contributed by atoms with E-state index in [1.54, 1.807) is 0 Å². The Balaban J connectivity index is 1.90. The maximum absolute atomic E-state index is 12.6. The van der Waals surface area contributed by atoms with Crippen LogP contribution in [0.3, 0.4) is 0 Å². The molecule has 3 nitrogen and oxygen atoms in total. The molecule has 0 bridgehead atoms. The van der Waals surface area contributed by atoms with Crippen LogP contribution in [0.1, 0.15) is 57.9 Å². The van der Waals surface area contributed by atoms with E-state index in [9.17, 15) is 4.79 Å². The second kappa shape index (κ2) is 9.07. The molecule has 3 heteroatoms. The van der Waals surface area contributed by atoms with E-state index >= 15 is 0 Å². The smallest absolute Gasteiger partial charge is 0.237 e. The van der Waals surface area contributed by atoms with E-state index < -0.39 is 0 Å². The lowest BCUT2D eigenvalue weighted by Gasteiger charge is -2.28. The fourth-order valence-corrected chi connectivity index (χ4v) is 3.45. The lowest BCUT2D eigenvalue weighted by Crippen LogP contribution is -2.46. The van der Waals surface area contributed by atoms with Crippen molar-refractivity contribution in [2.75, 3.05) is 19.6 Å². The Labute approximate surface area is 141 Å². The number of carbonyl (C=O) groups is 1. The van der Waals surface area contributed by atoms with Gasteiger partial charge in [0.15, 0.2) is 0 Å².